The lowest BCUT2D eigenvalue weighted by Gasteiger charge is -2.09. The second-order valence-corrected chi connectivity index (χ2v) is 5.37. The quantitative estimate of drug-likeness (QED) is 0.889. The maximum Gasteiger partial charge on any atom is 0.270 e. The van der Waals surface area contributed by atoms with Gasteiger partial charge in [0.1, 0.15) is 11.5 Å². The summed E-state index contributed by atoms with van der Waals surface area (Å²) in [5, 5.41) is 5.44. The molecule has 2 N–H and O–H groups in total. The van der Waals surface area contributed by atoms with Gasteiger partial charge in [-0.1, -0.05) is 12.1 Å². The molecule has 2 amide bonds. The molecule has 0 atom stereocenters. The minimum Gasteiger partial charge on any atom is -0.349 e. The minimum atomic E-state index is -0.326. The molecule has 0 aliphatic heterocycles. The monoisotopic (exact) mass is 315 g/mol. The van der Waals surface area contributed by atoms with Crippen LogP contribution in [-0.4, -0.2) is 22.8 Å². The van der Waals surface area contributed by atoms with E-state index in [0.717, 1.165) is 5.56 Å². The van der Waals surface area contributed by atoms with Gasteiger partial charge in [0.05, 0.1) is 0 Å². The van der Waals surface area contributed by atoms with Crippen molar-refractivity contribution in [3.63, 3.8) is 0 Å². The molecular formula is C17H18FN3O2. The van der Waals surface area contributed by atoms with Crippen LogP contribution in [0, 0.1) is 5.82 Å². The van der Waals surface area contributed by atoms with E-state index in [4.69, 9.17) is 0 Å². The molecule has 0 aliphatic carbocycles. The van der Waals surface area contributed by atoms with Crippen molar-refractivity contribution in [3.05, 3.63) is 65.2 Å². The van der Waals surface area contributed by atoms with Crippen LogP contribution >= 0.6 is 0 Å². The Labute approximate surface area is 133 Å². The van der Waals surface area contributed by atoms with Crippen molar-refractivity contribution in [2.45, 2.75) is 26.4 Å². The Hall–Kier alpha value is -2.76. The van der Waals surface area contributed by atoms with Gasteiger partial charge in [0.25, 0.3) is 11.8 Å². The van der Waals surface area contributed by atoms with Crippen LogP contribution in [0.3, 0.4) is 0 Å². The van der Waals surface area contributed by atoms with Gasteiger partial charge >= 0.3 is 0 Å². The molecule has 0 radical (unpaired) electrons. The lowest BCUT2D eigenvalue weighted by Crippen LogP contribution is -2.31. The zero-order chi connectivity index (χ0) is 16.8. The van der Waals surface area contributed by atoms with E-state index in [0.29, 0.717) is 5.56 Å². The highest BCUT2D eigenvalue weighted by atomic mass is 19.1. The summed E-state index contributed by atoms with van der Waals surface area (Å²) in [6.45, 7) is 3.96. The molecule has 0 saturated heterocycles. The first-order chi connectivity index (χ1) is 11.0. The average Bonchev–Trinajstić information content (AvgIpc) is 2.53. The Kier molecular flexibility index (Phi) is 5.41. The molecule has 1 aromatic heterocycles. The van der Waals surface area contributed by atoms with Crippen LogP contribution in [0.1, 0.15) is 40.3 Å². The average molecular weight is 315 g/mol. The normalized spacial score (nSPS) is 10.4. The Morgan fingerprint density at radius 3 is 2.48 bits per heavy atom. The molecule has 6 heteroatoms. The number of hydrogen-bond donors (Lipinski definition) is 2. The summed E-state index contributed by atoms with van der Waals surface area (Å²) in [6.07, 6.45) is 1.42. The zero-order valence-electron chi connectivity index (χ0n) is 13.0. The highest BCUT2D eigenvalue weighted by molar-refractivity contribution is 5.98. The Bertz CT molecular complexity index is 699. The third-order valence-electron chi connectivity index (χ3n) is 3.04. The van der Waals surface area contributed by atoms with Gasteiger partial charge in [-0.25, -0.2) is 4.39 Å². The fourth-order valence-corrected chi connectivity index (χ4v) is 1.92. The molecule has 0 bridgehead atoms. The largest absolute Gasteiger partial charge is 0.349 e. The minimum absolute atomic E-state index is 0.0136. The second kappa shape index (κ2) is 7.49. The molecule has 1 heterocycles. The van der Waals surface area contributed by atoms with Gasteiger partial charge in [0.2, 0.25) is 0 Å². The summed E-state index contributed by atoms with van der Waals surface area (Å²) in [4.78, 5) is 28.0. The van der Waals surface area contributed by atoms with Crippen LogP contribution in [0.5, 0.6) is 0 Å². The second-order valence-electron chi connectivity index (χ2n) is 5.37. The maximum absolute atomic E-state index is 12.8. The van der Waals surface area contributed by atoms with Crippen LogP contribution in [-0.2, 0) is 6.54 Å². The number of amides is 2. The molecule has 0 aliphatic rings. The summed E-state index contributed by atoms with van der Waals surface area (Å²) in [6, 6.07) is 8.84. The van der Waals surface area contributed by atoms with E-state index in [1.165, 1.54) is 30.5 Å². The number of nitrogens with one attached hydrogen (secondary N) is 2. The number of benzene rings is 1. The van der Waals surface area contributed by atoms with Crippen molar-refractivity contribution in [2.24, 2.45) is 0 Å². The molecule has 2 rings (SSSR count). The molecule has 0 saturated carbocycles. The predicted molar refractivity (Wildman–Crippen MR) is 84.4 cm³/mol. The van der Waals surface area contributed by atoms with Crippen LogP contribution in [0.25, 0.3) is 0 Å². The van der Waals surface area contributed by atoms with Gasteiger partial charge in [-0.3, -0.25) is 14.6 Å². The van der Waals surface area contributed by atoms with E-state index in [9.17, 15) is 14.0 Å². The van der Waals surface area contributed by atoms with Crippen molar-refractivity contribution in [1.29, 1.82) is 0 Å². The van der Waals surface area contributed by atoms with Gasteiger partial charge in [-0.2, -0.15) is 0 Å². The SMILES string of the molecule is CC(C)NC(=O)c1cc(C(=O)NCc2ccc(F)cc2)ccn1. The van der Waals surface area contributed by atoms with Crippen LogP contribution in [0.15, 0.2) is 42.6 Å². The number of hydrogen-bond acceptors (Lipinski definition) is 3. The molecule has 0 fully saturated rings. The summed E-state index contributed by atoms with van der Waals surface area (Å²) < 4.78 is 12.8. The summed E-state index contributed by atoms with van der Waals surface area (Å²) >= 11 is 0. The first-order valence-corrected chi connectivity index (χ1v) is 7.25. The number of rotatable bonds is 5. The lowest BCUT2D eigenvalue weighted by molar-refractivity contribution is 0.0938. The summed E-state index contributed by atoms with van der Waals surface area (Å²) in [5.74, 6) is -0.974. The van der Waals surface area contributed by atoms with Gasteiger partial charge in [0, 0.05) is 24.3 Å². The highest BCUT2D eigenvalue weighted by Crippen LogP contribution is 2.05. The number of carbonyl (C=O) groups excluding carboxylic acids is 2. The van der Waals surface area contributed by atoms with Crippen LogP contribution < -0.4 is 10.6 Å². The van der Waals surface area contributed by atoms with E-state index < -0.39 is 0 Å². The molecule has 0 spiro atoms. The number of halogens is 1. The molecule has 120 valence electrons. The van der Waals surface area contributed by atoms with E-state index in [1.54, 1.807) is 12.1 Å². The van der Waals surface area contributed by atoms with Crippen molar-refractivity contribution in [3.8, 4) is 0 Å². The molecule has 23 heavy (non-hydrogen) atoms. The highest BCUT2D eigenvalue weighted by Gasteiger charge is 2.12. The van der Waals surface area contributed by atoms with E-state index >= 15 is 0 Å². The summed E-state index contributed by atoms with van der Waals surface area (Å²) in [5.41, 5.74) is 1.32. The Balaban J connectivity index is 2.02. The van der Waals surface area contributed by atoms with Crippen molar-refractivity contribution in [1.82, 2.24) is 15.6 Å². The number of aromatic nitrogens is 1. The maximum atomic E-state index is 12.8. The molecule has 1 aromatic carbocycles. The summed E-state index contributed by atoms with van der Waals surface area (Å²) in [7, 11) is 0. The first kappa shape index (κ1) is 16.6. The standard InChI is InChI=1S/C17H18FN3O2/c1-11(2)21-17(23)15-9-13(7-8-19-15)16(22)20-10-12-3-5-14(18)6-4-12/h3-9,11H,10H2,1-2H3,(H,20,22)(H,21,23). The fourth-order valence-electron chi connectivity index (χ4n) is 1.92. The molecule has 2 aromatic rings. The third kappa shape index (κ3) is 4.88. The first-order valence-electron chi connectivity index (χ1n) is 7.25. The third-order valence-corrected chi connectivity index (χ3v) is 3.04. The van der Waals surface area contributed by atoms with Crippen molar-refractivity contribution >= 4 is 11.8 Å². The zero-order valence-corrected chi connectivity index (χ0v) is 13.0. The van der Waals surface area contributed by atoms with Gasteiger partial charge in [-0.15, -0.1) is 0 Å². The Morgan fingerprint density at radius 2 is 1.83 bits per heavy atom. The predicted octanol–water partition coefficient (Wildman–Crippen LogP) is 2.29. The number of nitrogens with zero attached hydrogens (tertiary/aromatic N) is 1. The molecule has 0 unspecified atom stereocenters. The van der Waals surface area contributed by atoms with E-state index in [-0.39, 0.29) is 35.9 Å². The number of carbonyl (C=O) groups is 2. The number of pyridine rings is 1. The van der Waals surface area contributed by atoms with Crippen molar-refractivity contribution < 1.29 is 14.0 Å². The van der Waals surface area contributed by atoms with Gasteiger partial charge in [-0.05, 0) is 43.7 Å². The fraction of sp³-hybridized carbons (Fsp3) is 0.235. The van der Waals surface area contributed by atoms with E-state index in [1.807, 2.05) is 13.8 Å². The Morgan fingerprint density at radius 1 is 1.13 bits per heavy atom. The van der Waals surface area contributed by atoms with Gasteiger partial charge in [0.15, 0.2) is 0 Å². The van der Waals surface area contributed by atoms with Gasteiger partial charge < -0.3 is 10.6 Å². The van der Waals surface area contributed by atoms with E-state index in [2.05, 4.69) is 15.6 Å². The molecular weight excluding hydrogens is 297 g/mol. The van der Waals surface area contributed by atoms with Crippen LogP contribution in [0.2, 0.25) is 0 Å². The lowest BCUT2D eigenvalue weighted by atomic mass is 10.2. The van der Waals surface area contributed by atoms with Crippen molar-refractivity contribution in [2.75, 3.05) is 0 Å². The molecule has 5 nitrogen and oxygen atoms in total. The van der Waals surface area contributed by atoms with Crippen LogP contribution in [0.4, 0.5) is 4.39 Å². The topological polar surface area (TPSA) is 71.1 Å². The smallest absolute Gasteiger partial charge is 0.270 e.